The first kappa shape index (κ1) is 14.3. The van der Waals surface area contributed by atoms with Gasteiger partial charge in [-0.2, -0.15) is 0 Å². The lowest BCUT2D eigenvalue weighted by atomic mass is 10.1. The molecule has 0 aliphatic carbocycles. The summed E-state index contributed by atoms with van der Waals surface area (Å²) in [6.07, 6.45) is 3.91. The van der Waals surface area contributed by atoms with Crippen LogP contribution in [0.2, 0.25) is 0 Å². The molecule has 0 saturated carbocycles. The molecule has 2 aromatic rings. The molecule has 1 unspecified atom stereocenters. The maximum atomic E-state index is 5.74. The van der Waals surface area contributed by atoms with Crippen molar-refractivity contribution in [2.45, 2.75) is 32.4 Å². The van der Waals surface area contributed by atoms with Gasteiger partial charge in [0, 0.05) is 19.0 Å². The van der Waals surface area contributed by atoms with E-state index < -0.39 is 0 Å². The van der Waals surface area contributed by atoms with Crippen molar-refractivity contribution >= 4 is 0 Å². The molecule has 1 aliphatic rings. The van der Waals surface area contributed by atoms with Gasteiger partial charge in [-0.05, 0) is 25.1 Å². The molecule has 0 amide bonds. The number of aromatic nitrogens is 1. The molecule has 21 heavy (non-hydrogen) atoms. The molecular weight excluding hydrogens is 262 g/mol. The van der Waals surface area contributed by atoms with Gasteiger partial charge in [0.1, 0.15) is 5.76 Å². The first-order chi connectivity index (χ1) is 10.3. The second-order valence-corrected chi connectivity index (χ2v) is 5.58. The van der Waals surface area contributed by atoms with Gasteiger partial charge < -0.3 is 9.73 Å². The minimum atomic E-state index is 0.384. The number of aryl methyl sites for hydroxylation is 1. The number of nitrogens with one attached hydrogen (secondary N) is 1. The molecule has 0 bridgehead atoms. The Morgan fingerprint density at radius 3 is 2.95 bits per heavy atom. The van der Waals surface area contributed by atoms with Crippen molar-refractivity contribution in [1.29, 1.82) is 0 Å². The van der Waals surface area contributed by atoms with Crippen molar-refractivity contribution in [3.63, 3.8) is 0 Å². The Bertz CT molecular complexity index is 552. The number of rotatable bonds is 4. The third-order valence-electron chi connectivity index (χ3n) is 3.99. The van der Waals surface area contributed by atoms with E-state index >= 15 is 0 Å². The van der Waals surface area contributed by atoms with E-state index in [1.165, 1.54) is 5.56 Å². The summed E-state index contributed by atoms with van der Waals surface area (Å²) >= 11 is 0. The quantitative estimate of drug-likeness (QED) is 0.938. The summed E-state index contributed by atoms with van der Waals surface area (Å²) in [5.74, 6) is 1.80. The van der Waals surface area contributed by atoms with E-state index in [0.717, 1.165) is 50.7 Å². The second kappa shape index (κ2) is 6.87. The SMILES string of the molecule is CCc1cnc(CN2CCCNC(c3ccccc3)C2)o1. The predicted molar refractivity (Wildman–Crippen MR) is 83.0 cm³/mol. The van der Waals surface area contributed by atoms with Crippen LogP contribution in [0.5, 0.6) is 0 Å². The van der Waals surface area contributed by atoms with Gasteiger partial charge in [-0.25, -0.2) is 4.98 Å². The zero-order valence-electron chi connectivity index (χ0n) is 12.6. The lowest BCUT2D eigenvalue weighted by Gasteiger charge is -2.23. The van der Waals surface area contributed by atoms with Crippen LogP contribution >= 0.6 is 0 Å². The Kier molecular flexibility index (Phi) is 4.68. The van der Waals surface area contributed by atoms with Crippen molar-refractivity contribution in [1.82, 2.24) is 15.2 Å². The van der Waals surface area contributed by atoms with Gasteiger partial charge in [-0.15, -0.1) is 0 Å². The van der Waals surface area contributed by atoms with Crippen molar-refractivity contribution in [3.05, 3.63) is 53.7 Å². The van der Waals surface area contributed by atoms with Crippen LogP contribution in [0.3, 0.4) is 0 Å². The van der Waals surface area contributed by atoms with E-state index in [1.54, 1.807) is 0 Å². The van der Waals surface area contributed by atoms with Crippen LogP contribution in [-0.4, -0.2) is 29.5 Å². The standard InChI is InChI=1S/C17H23N3O/c1-2-15-11-19-17(21-15)13-20-10-6-9-18-16(12-20)14-7-4-3-5-8-14/h3-5,7-8,11,16,18H,2,6,9-10,12-13H2,1H3. The topological polar surface area (TPSA) is 41.3 Å². The number of benzene rings is 1. The number of hydrogen-bond donors (Lipinski definition) is 1. The highest BCUT2D eigenvalue weighted by molar-refractivity contribution is 5.19. The lowest BCUT2D eigenvalue weighted by molar-refractivity contribution is 0.233. The fourth-order valence-corrected chi connectivity index (χ4v) is 2.82. The van der Waals surface area contributed by atoms with Crippen LogP contribution in [0.4, 0.5) is 0 Å². The van der Waals surface area contributed by atoms with Crippen molar-refractivity contribution in [2.24, 2.45) is 0 Å². The Balaban J connectivity index is 1.67. The molecule has 1 saturated heterocycles. The number of oxazole rings is 1. The van der Waals surface area contributed by atoms with Gasteiger partial charge >= 0.3 is 0 Å². The third-order valence-corrected chi connectivity index (χ3v) is 3.99. The molecule has 112 valence electrons. The fraction of sp³-hybridized carbons (Fsp3) is 0.471. The highest BCUT2D eigenvalue weighted by atomic mass is 16.4. The van der Waals surface area contributed by atoms with E-state index in [4.69, 9.17) is 4.42 Å². The summed E-state index contributed by atoms with van der Waals surface area (Å²) in [6.45, 7) is 6.02. The third kappa shape index (κ3) is 3.71. The molecule has 1 atom stereocenters. The van der Waals surface area contributed by atoms with Crippen LogP contribution < -0.4 is 5.32 Å². The molecule has 0 radical (unpaired) electrons. The molecule has 4 nitrogen and oxygen atoms in total. The molecule has 1 aromatic heterocycles. The van der Waals surface area contributed by atoms with Crippen LogP contribution in [0.1, 0.15) is 36.6 Å². The van der Waals surface area contributed by atoms with Gasteiger partial charge in [0.25, 0.3) is 0 Å². The van der Waals surface area contributed by atoms with Crippen LogP contribution in [0.25, 0.3) is 0 Å². The minimum Gasteiger partial charge on any atom is -0.444 e. The molecule has 1 N–H and O–H groups in total. The fourth-order valence-electron chi connectivity index (χ4n) is 2.82. The lowest BCUT2D eigenvalue weighted by Crippen LogP contribution is -2.31. The van der Waals surface area contributed by atoms with Gasteiger partial charge in [0.2, 0.25) is 5.89 Å². The zero-order valence-corrected chi connectivity index (χ0v) is 12.6. The highest BCUT2D eigenvalue weighted by Crippen LogP contribution is 2.18. The van der Waals surface area contributed by atoms with Gasteiger partial charge in [0.15, 0.2) is 0 Å². The summed E-state index contributed by atoms with van der Waals surface area (Å²) in [5.41, 5.74) is 1.35. The monoisotopic (exact) mass is 285 g/mol. The minimum absolute atomic E-state index is 0.384. The van der Waals surface area contributed by atoms with E-state index in [9.17, 15) is 0 Å². The summed E-state index contributed by atoms with van der Waals surface area (Å²) in [7, 11) is 0. The zero-order chi connectivity index (χ0) is 14.5. The molecule has 0 spiro atoms. The van der Waals surface area contributed by atoms with E-state index in [1.807, 2.05) is 6.20 Å². The first-order valence-electron chi connectivity index (χ1n) is 7.79. The molecule has 2 heterocycles. The van der Waals surface area contributed by atoms with Crippen LogP contribution in [-0.2, 0) is 13.0 Å². The van der Waals surface area contributed by atoms with Crippen LogP contribution in [0, 0.1) is 0 Å². The highest BCUT2D eigenvalue weighted by Gasteiger charge is 2.20. The molecular formula is C17H23N3O. The Labute approximate surface area is 126 Å². The molecule has 4 heteroatoms. The van der Waals surface area contributed by atoms with E-state index in [2.05, 4.69) is 52.5 Å². The van der Waals surface area contributed by atoms with Crippen LogP contribution in [0.15, 0.2) is 40.9 Å². The van der Waals surface area contributed by atoms with Gasteiger partial charge in [-0.1, -0.05) is 37.3 Å². The molecule has 3 rings (SSSR count). The summed E-state index contributed by atoms with van der Waals surface area (Å²) in [5, 5.41) is 3.64. The van der Waals surface area contributed by atoms with Crippen molar-refractivity contribution in [2.75, 3.05) is 19.6 Å². The molecule has 1 fully saturated rings. The molecule has 1 aliphatic heterocycles. The Hall–Kier alpha value is -1.65. The maximum Gasteiger partial charge on any atom is 0.208 e. The van der Waals surface area contributed by atoms with E-state index in [-0.39, 0.29) is 0 Å². The van der Waals surface area contributed by atoms with Gasteiger partial charge in [-0.3, -0.25) is 4.90 Å². The summed E-state index contributed by atoms with van der Waals surface area (Å²) in [6, 6.07) is 11.1. The first-order valence-corrected chi connectivity index (χ1v) is 7.79. The predicted octanol–water partition coefficient (Wildman–Crippen LogP) is 2.77. The smallest absolute Gasteiger partial charge is 0.208 e. The van der Waals surface area contributed by atoms with Crippen molar-refractivity contribution < 1.29 is 4.42 Å². The average Bonchev–Trinajstić information content (AvgIpc) is 2.85. The second-order valence-electron chi connectivity index (χ2n) is 5.58. The average molecular weight is 285 g/mol. The Morgan fingerprint density at radius 1 is 1.33 bits per heavy atom. The summed E-state index contributed by atoms with van der Waals surface area (Å²) in [4.78, 5) is 6.81. The molecule has 1 aromatic carbocycles. The number of hydrogen-bond acceptors (Lipinski definition) is 4. The van der Waals surface area contributed by atoms with E-state index in [0.29, 0.717) is 6.04 Å². The van der Waals surface area contributed by atoms with Crippen molar-refractivity contribution in [3.8, 4) is 0 Å². The Morgan fingerprint density at radius 2 is 2.19 bits per heavy atom. The normalized spacial score (nSPS) is 20.3. The largest absolute Gasteiger partial charge is 0.444 e. The van der Waals surface area contributed by atoms with Gasteiger partial charge in [0.05, 0.1) is 12.7 Å². The maximum absolute atomic E-state index is 5.74. The summed E-state index contributed by atoms with van der Waals surface area (Å²) < 4.78 is 5.74. The number of nitrogens with zero attached hydrogens (tertiary/aromatic N) is 2.